The Bertz CT molecular complexity index is 856. The van der Waals surface area contributed by atoms with Crippen molar-refractivity contribution in [1.82, 2.24) is 9.80 Å². The molecule has 1 fully saturated rings. The number of carbonyl (C=O) groups excluding carboxylic acids is 2. The minimum Gasteiger partial charge on any atom is -0.438 e. The fraction of sp³-hybridized carbons (Fsp3) is 0.391. The van der Waals surface area contributed by atoms with Crippen LogP contribution >= 0.6 is 15.9 Å². The van der Waals surface area contributed by atoms with Crippen molar-refractivity contribution in [3.05, 3.63) is 70.2 Å². The quantitative estimate of drug-likeness (QED) is 0.603. The largest absolute Gasteiger partial charge is 0.438 e. The number of carbonyl (C=O) groups is 2. The predicted octanol–water partition coefficient (Wildman–Crippen LogP) is 5.12. The Labute approximate surface area is 180 Å². The maximum Gasteiger partial charge on any atom is 0.411 e. The Hall–Kier alpha value is -2.34. The van der Waals surface area contributed by atoms with E-state index >= 15 is 0 Å². The van der Waals surface area contributed by atoms with Gasteiger partial charge in [0.15, 0.2) is 0 Å². The zero-order valence-corrected chi connectivity index (χ0v) is 18.7. The molecule has 0 aromatic heterocycles. The molecule has 2 aromatic carbocycles. The molecule has 0 aliphatic carbocycles. The van der Waals surface area contributed by atoms with Gasteiger partial charge in [0.25, 0.3) is 0 Å². The molecule has 0 spiro atoms. The van der Waals surface area contributed by atoms with Gasteiger partial charge >= 0.3 is 6.09 Å². The van der Waals surface area contributed by atoms with Crippen LogP contribution in [0.2, 0.25) is 0 Å². The summed E-state index contributed by atoms with van der Waals surface area (Å²) in [5, 5.41) is 0. The molecule has 0 N–H and O–H groups in total. The molecule has 2 aromatic rings. The van der Waals surface area contributed by atoms with Crippen molar-refractivity contribution in [1.29, 1.82) is 0 Å². The Balaban J connectivity index is 1.81. The first kappa shape index (κ1) is 21.4. The molecule has 2 amide bonds. The van der Waals surface area contributed by atoms with Gasteiger partial charge in [-0.3, -0.25) is 4.79 Å². The van der Waals surface area contributed by atoms with Gasteiger partial charge in [0.1, 0.15) is 5.60 Å². The van der Waals surface area contributed by atoms with Crippen LogP contribution in [-0.4, -0.2) is 41.9 Å². The Kier molecular flexibility index (Phi) is 6.63. The normalized spacial score (nSPS) is 20.1. The minimum atomic E-state index is -0.724. The lowest BCUT2D eigenvalue weighted by atomic mass is 9.85. The molecule has 1 aliphatic heterocycles. The first-order chi connectivity index (χ1) is 13.8. The first-order valence-electron chi connectivity index (χ1n) is 9.85. The van der Waals surface area contributed by atoms with E-state index in [0.717, 1.165) is 15.6 Å². The summed E-state index contributed by atoms with van der Waals surface area (Å²) in [7, 11) is 1.77. The molecule has 1 aliphatic rings. The van der Waals surface area contributed by atoms with Crippen LogP contribution in [0.3, 0.4) is 0 Å². The highest BCUT2D eigenvalue weighted by Crippen LogP contribution is 2.39. The molecule has 1 heterocycles. The molecule has 6 heteroatoms. The number of ether oxygens (including phenoxy) is 1. The SMILES string of the molecule is CC(=O)N(C)CC[C@]1(c2ccccc2)CCN([C@@H](C)c2ccc(Br)cc2)C(=O)O1. The van der Waals surface area contributed by atoms with Crippen molar-refractivity contribution < 1.29 is 14.3 Å². The Morgan fingerprint density at radius 2 is 1.86 bits per heavy atom. The third-order valence-corrected chi connectivity index (χ3v) is 6.31. The zero-order valence-electron chi connectivity index (χ0n) is 17.1. The van der Waals surface area contributed by atoms with Gasteiger partial charge in [-0.1, -0.05) is 58.4 Å². The number of amides is 2. The van der Waals surface area contributed by atoms with Crippen LogP contribution in [0.15, 0.2) is 59.1 Å². The summed E-state index contributed by atoms with van der Waals surface area (Å²) in [6.07, 6.45) is 0.926. The standard InChI is InChI=1S/C23H27BrN2O3/c1-17(19-9-11-21(24)12-10-19)26-16-14-23(29-22(26)28,13-15-25(3)18(2)27)20-7-5-4-6-8-20/h4-12,17H,13-16H2,1-3H3/t17-,23+/m0/s1. The van der Waals surface area contributed by atoms with Crippen molar-refractivity contribution >= 4 is 27.9 Å². The third kappa shape index (κ3) is 4.81. The van der Waals surface area contributed by atoms with Gasteiger partial charge in [0.05, 0.1) is 6.04 Å². The summed E-state index contributed by atoms with van der Waals surface area (Å²) in [6.45, 7) is 4.68. The molecule has 1 saturated heterocycles. The van der Waals surface area contributed by atoms with E-state index in [4.69, 9.17) is 4.74 Å². The molecule has 3 rings (SSSR count). The summed E-state index contributed by atoms with van der Waals surface area (Å²) in [4.78, 5) is 28.1. The smallest absolute Gasteiger partial charge is 0.411 e. The van der Waals surface area contributed by atoms with Crippen LogP contribution in [0.4, 0.5) is 4.79 Å². The van der Waals surface area contributed by atoms with Gasteiger partial charge in [0.2, 0.25) is 5.91 Å². The Morgan fingerprint density at radius 3 is 2.45 bits per heavy atom. The maximum absolute atomic E-state index is 13.1. The molecule has 2 atom stereocenters. The summed E-state index contributed by atoms with van der Waals surface area (Å²) >= 11 is 3.45. The number of hydrogen-bond donors (Lipinski definition) is 0. The lowest BCUT2D eigenvalue weighted by molar-refractivity contribution is -0.128. The molecular weight excluding hydrogens is 432 g/mol. The van der Waals surface area contributed by atoms with E-state index in [1.165, 1.54) is 0 Å². The topological polar surface area (TPSA) is 49.9 Å². The van der Waals surface area contributed by atoms with Crippen LogP contribution in [0.5, 0.6) is 0 Å². The predicted molar refractivity (Wildman–Crippen MR) is 116 cm³/mol. The lowest BCUT2D eigenvalue weighted by Crippen LogP contribution is -2.49. The molecule has 29 heavy (non-hydrogen) atoms. The van der Waals surface area contributed by atoms with Crippen molar-refractivity contribution in [3.63, 3.8) is 0 Å². The van der Waals surface area contributed by atoms with Crippen LogP contribution in [0.25, 0.3) is 0 Å². The third-order valence-electron chi connectivity index (χ3n) is 5.78. The van der Waals surface area contributed by atoms with Gasteiger partial charge < -0.3 is 14.5 Å². The monoisotopic (exact) mass is 458 g/mol. The van der Waals surface area contributed by atoms with Crippen LogP contribution < -0.4 is 0 Å². The minimum absolute atomic E-state index is 0.000773. The highest BCUT2D eigenvalue weighted by atomic mass is 79.9. The lowest BCUT2D eigenvalue weighted by Gasteiger charge is -2.44. The fourth-order valence-corrected chi connectivity index (χ4v) is 3.98. The summed E-state index contributed by atoms with van der Waals surface area (Å²) in [5.74, 6) is 0.000773. The summed E-state index contributed by atoms with van der Waals surface area (Å²) in [6, 6.07) is 17.8. The number of rotatable bonds is 6. The molecule has 0 unspecified atom stereocenters. The van der Waals surface area contributed by atoms with E-state index in [0.29, 0.717) is 25.9 Å². The van der Waals surface area contributed by atoms with Gasteiger partial charge in [-0.25, -0.2) is 4.79 Å². The first-order valence-corrected chi connectivity index (χ1v) is 10.6. The highest BCUT2D eigenvalue weighted by Gasteiger charge is 2.43. The molecule has 0 bridgehead atoms. The van der Waals surface area contributed by atoms with Gasteiger partial charge in [-0.2, -0.15) is 0 Å². The highest BCUT2D eigenvalue weighted by molar-refractivity contribution is 9.10. The molecule has 0 saturated carbocycles. The molecule has 154 valence electrons. The van der Waals surface area contributed by atoms with E-state index in [-0.39, 0.29) is 18.0 Å². The number of hydrogen-bond acceptors (Lipinski definition) is 3. The van der Waals surface area contributed by atoms with Gasteiger partial charge in [-0.05, 0) is 30.2 Å². The average molecular weight is 459 g/mol. The van der Waals surface area contributed by atoms with E-state index < -0.39 is 5.60 Å². The van der Waals surface area contributed by atoms with Crippen LogP contribution in [-0.2, 0) is 15.1 Å². The number of halogens is 1. The average Bonchev–Trinajstić information content (AvgIpc) is 2.72. The fourth-order valence-electron chi connectivity index (χ4n) is 3.71. The van der Waals surface area contributed by atoms with Gasteiger partial charge in [0, 0.05) is 44.4 Å². The second kappa shape index (κ2) is 8.99. The summed E-state index contributed by atoms with van der Waals surface area (Å²) < 4.78 is 7.12. The van der Waals surface area contributed by atoms with Crippen molar-refractivity contribution in [2.45, 2.75) is 38.3 Å². The number of nitrogens with zero attached hydrogens (tertiary/aromatic N) is 2. The van der Waals surface area contributed by atoms with E-state index in [9.17, 15) is 9.59 Å². The van der Waals surface area contributed by atoms with Crippen LogP contribution in [0.1, 0.15) is 43.9 Å². The van der Waals surface area contributed by atoms with Crippen LogP contribution in [0, 0.1) is 0 Å². The molecular formula is C23H27BrN2O3. The second-order valence-electron chi connectivity index (χ2n) is 7.59. The number of benzene rings is 2. The second-order valence-corrected chi connectivity index (χ2v) is 8.51. The van der Waals surface area contributed by atoms with Gasteiger partial charge in [-0.15, -0.1) is 0 Å². The summed E-state index contributed by atoms with van der Waals surface area (Å²) in [5.41, 5.74) is 1.31. The van der Waals surface area contributed by atoms with E-state index in [1.54, 1.807) is 23.8 Å². The zero-order chi connectivity index (χ0) is 21.0. The van der Waals surface area contributed by atoms with E-state index in [2.05, 4.69) is 15.9 Å². The van der Waals surface area contributed by atoms with E-state index in [1.807, 2.05) is 61.5 Å². The van der Waals surface area contributed by atoms with Crippen molar-refractivity contribution in [2.75, 3.05) is 20.1 Å². The van der Waals surface area contributed by atoms with Crippen molar-refractivity contribution in [2.24, 2.45) is 0 Å². The van der Waals surface area contributed by atoms with Crippen molar-refractivity contribution in [3.8, 4) is 0 Å². The molecule has 0 radical (unpaired) electrons. The Morgan fingerprint density at radius 1 is 1.21 bits per heavy atom. The maximum atomic E-state index is 13.1. The molecule has 5 nitrogen and oxygen atoms in total. The number of cyclic esters (lactones) is 1.